The van der Waals surface area contributed by atoms with Crippen molar-refractivity contribution in [3.05, 3.63) is 30.1 Å². The normalized spacial score (nSPS) is 21.3. The molecule has 1 aromatic rings. The first kappa shape index (κ1) is 20.2. The Morgan fingerprint density at radius 1 is 0.720 bits per heavy atom. The zero-order valence-corrected chi connectivity index (χ0v) is 14.9. The maximum atomic E-state index is 5.66. The van der Waals surface area contributed by atoms with Gasteiger partial charge in [-0.2, -0.15) is 0 Å². The van der Waals surface area contributed by atoms with Gasteiger partial charge in [-0.15, -0.1) is 0 Å². The van der Waals surface area contributed by atoms with Crippen LogP contribution in [-0.4, -0.2) is 89.0 Å². The lowest BCUT2D eigenvalue weighted by Crippen LogP contribution is -2.31. The molecule has 0 radical (unpaired) electrons. The van der Waals surface area contributed by atoms with Gasteiger partial charge in [-0.05, 0) is 11.6 Å². The summed E-state index contributed by atoms with van der Waals surface area (Å²) < 4.78 is 27.7. The highest BCUT2D eigenvalue weighted by atomic mass is 16.6. The Kier molecular flexibility index (Phi) is 11.4. The minimum Gasteiger partial charge on any atom is -0.378 e. The molecule has 7 nitrogen and oxygen atoms in total. The molecule has 0 amide bonds. The smallest absolute Gasteiger partial charge is 0.0701 e. The zero-order valence-electron chi connectivity index (χ0n) is 14.9. The van der Waals surface area contributed by atoms with Gasteiger partial charge in [0.15, 0.2) is 0 Å². The predicted octanol–water partition coefficient (Wildman–Crippen LogP) is 0.980. The number of hydrogen-bond donors (Lipinski definition) is 0. The molecule has 25 heavy (non-hydrogen) atoms. The minimum absolute atomic E-state index is 0.582. The van der Waals surface area contributed by atoms with Gasteiger partial charge in [-0.1, -0.05) is 6.07 Å². The SMILES string of the molecule is c1cncc(CN2CCOCCOCCOCCOCCOCC2)c1. The Hall–Kier alpha value is -1.09. The fourth-order valence-corrected chi connectivity index (χ4v) is 2.39. The molecule has 1 aromatic heterocycles. The van der Waals surface area contributed by atoms with E-state index < -0.39 is 0 Å². The second-order valence-electron chi connectivity index (χ2n) is 5.70. The fourth-order valence-electron chi connectivity index (χ4n) is 2.39. The Morgan fingerprint density at radius 2 is 1.20 bits per heavy atom. The van der Waals surface area contributed by atoms with Gasteiger partial charge >= 0.3 is 0 Å². The van der Waals surface area contributed by atoms with Crippen molar-refractivity contribution >= 4 is 0 Å². The second kappa shape index (κ2) is 14.1. The van der Waals surface area contributed by atoms with Crippen LogP contribution in [0.2, 0.25) is 0 Å². The van der Waals surface area contributed by atoms with Crippen LogP contribution in [0.25, 0.3) is 0 Å². The Labute approximate surface area is 150 Å². The summed E-state index contributed by atoms with van der Waals surface area (Å²) in [5, 5.41) is 0. The van der Waals surface area contributed by atoms with Crippen molar-refractivity contribution in [3.63, 3.8) is 0 Å². The van der Waals surface area contributed by atoms with Gasteiger partial charge in [0.1, 0.15) is 0 Å². The van der Waals surface area contributed by atoms with Crippen LogP contribution >= 0.6 is 0 Å². The second-order valence-corrected chi connectivity index (χ2v) is 5.70. The molecule has 1 aliphatic rings. The predicted molar refractivity (Wildman–Crippen MR) is 93.6 cm³/mol. The summed E-state index contributed by atoms with van der Waals surface area (Å²) in [7, 11) is 0. The number of ether oxygens (including phenoxy) is 5. The highest BCUT2D eigenvalue weighted by molar-refractivity contribution is 5.08. The molecule has 142 valence electrons. The van der Waals surface area contributed by atoms with Crippen molar-refractivity contribution in [2.45, 2.75) is 6.54 Å². The Bertz CT molecular complexity index is 403. The third-order valence-corrected chi connectivity index (χ3v) is 3.72. The molecular formula is C18H30N2O5. The lowest BCUT2D eigenvalue weighted by atomic mass is 10.2. The van der Waals surface area contributed by atoms with Crippen LogP contribution in [0.15, 0.2) is 24.5 Å². The summed E-state index contributed by atoms with van der Waals surface area (Å²) in [6.45, 7) is 8.57. The van der Waals surface area contributed by atoms with E-state index in [9.17, 15) is 0 Å². The Morgan fingerprint density at radius 3 is 1.64 bits per heavy atom. The topological polar surface area (TPSA) is 62.3 Å². The van der Waals surface area contributed by atoms with Crippen LogP contribution in [-0.2, 0) is 30.2 Å². The lowest BCUT2D eigenvalue weighted by molar-refractivity contribution is -0.0189. The summed E-state index contributed by atoms with van der Waals surface area (Å²) in [5.74, 6) is 0. The van der Waals surface area contributed by atoms with E-state index in [0.717, 1.165) is 19.6 Å². The van der Waals surface area contributed by atoms with Crippen molar-refractivity contribution in [1.82, 2.24) is 9.88 Å². The van der Waals surface area contributed by atoms with Crippen molar-refractivity contribution < 1.29 is 23.7 Å². The van der Waals surface area contributed by atoms with Crippen LogP contribution in [0.4, 0.5) is 0 Å². The molecule has 2 rings (SSSR count). The molecule has 1 fully saturated rings. The average Bonchev–Trinajstić information content (AvgIpc) is 2.64. The molecule has 1 aliphatic heterocycles. The number of aromatic nitrogens is 1. The largest absolute Gasteiger partial charge is 0.378 e. The number of nitrogens with zero attached hydrogens (tertiary/aromatic N) is 2. The summed E-state index contributed by atoms with van der Waals surface area (Å²) in [4.78, 5) is 6.49. The van der Waals surface area contributed by atoms with Crippen molar-refractivity contribution in [3.8, 4) is 0 Å². The third kappa shape index (κ3) is 10.5. The first-order valence-electron chi connectivity index (χ1n) is 8.95. The van der Waals surface area contributed by atoms with Gasteiger partial charge < -0.3 is 23.7 Å². The maximum absolute atomic E-state index is 5.66. The maximum Gasteiger partial charge on any atom is 0.0701 e. The molecule has 0 bridgehead atoms. The summed E-state index contributed by atoms with van der Waals surface area (Å²) in [6, 6.07) is 4.05. The Balaban J connectivity index is 1.73. The molecule has 0 unspecified atom stereocenters. The van der Waals surface area contributed by atoms with Crippen LogP contribution in [0.3, 0.4) is 0 Å². The molecule has 0 aromatic carbocycles. The average molecular weight is 354 g/mol. The van der Waals surface area contributed by atoms with Crippen molar-refractivity contribution in [2.75, 3.05) is 79.2 Å². The highest BCUT2D eigenvalue weighted by Gasteiger charge is 2.07. The van der Waals surface area contributed by atoms with Gasteiger partial charge in [-0.3, -0.25) is 9.88 Å². The monoisotopic (exact) mass is 354 g/mol. The van der Waals surface area contributed by atoms with Crippen LogP contribution < -0.4 is 0 Å². The van der Waals surface area contributed by atoms with Crippen LogP contribution in [0, 0.1) is 0 Å². The van der Waals surface area contributed by atoms with Gasteiger partial charge in [0.2, 0.25) is 0 Å². The molecule has 0 aliphatic carbocycles. The molecule has 2 heterocycles. The summed E-state index contributed by atoms with van der Waals surface area (Å²) in [5.41, 5.74) is 1.19. The van der Waals surface area contributed by atoms with E-state index in [1.54, 1.807) is 6.20 Å². The summed E-state index contributed by atoms with van der Waals surface area (Å²) >= 11 is 0. The molecule has 7 heteroatoms. The number of hydrogen-bond acceptors (Lipinski definition) is 7. The van der Waals surface area contributed by atoms with Crippen LogP contribution in [0.5, 0.6) is 0 Å². The van der Waals surface area contributed by atoms with E-state index in [-0.39, 0.29) is 0 Å². The first-order valence-corrected chi connectivity index (χ1v) is 8.95. The summed E-state index contributed by atoms with van der Waals surface area (Å²) in [6.07, 6.45) is 3.69. The molecular weight excluding hydrogens is 324 g/mol. The van der Waals surface area contributed by atoms with Gasteiger partial charge in [0, 0.05) is 32.0 Å². The third-order valence-electron chi connectivity index (χ3n) is 3.72. The van der Waals surface area contributed by atoms with E-state index in [4.69, 9.17) is 23.7 Å². The highest BCUT2D eigenvalue weighted by Crippen LogP contribution is 2.03. The van der Waals surface area contributed by atoms with E-state index in [0.29, 0.717) is 66.1 Å². The first-order chi connectivity index (χ1) is 12.4. The van der Waals surface area contributed by atoms with E-state index in [2.05, 4.69) is 16.0 Å². The quantitative estimate of drug-likeness (QED) is 0.784. The molecule has 0 atom stereocenters. The van der Waals surface area contributed by atoms with Crippen molar-refractivity contribution in [1.29, 1.82) is 0 Å². The number of rotatable bonds is 2. The fraction of sp³-hybridized carbons (Fsp3) is 0.722. The van der Waals surface area contributed by atoms with Gasteiger partial charge in [0.05, 0.1) is 66.1 Å². The van der Waals surface area contributed by atoms with E-state index in [1.807, 2.05) is 12.3 Å². The van der Waals surface area contributed by atoms with Crippen molar-refractivity contribution in [2.24, 2.45) is 0 Å². The lowest BCUT2D eigenvalue weighted by Gasteiger charge is -2.22. The molecule has 1 saturated heterocycles. The standard InChI is InChI=1S/C18H30N2O5/c1-2-18(16-19-3-1)17-20-4-6-21-8-10-23-12-14-25-15-13-24-11-9-22-7-5-20/h1-3,16H,4-15,17H2. The number of pyridine rings is 1. The molecule has 0 saturated carbocycles. The van der Waals surface area contributed by atoms with Gasteiger partial charge in [-0.25, -0.2) is 0 Å². The zero-order chi connectivity index (χ0) is 17.4. The van der Waals surface area contributed by atoms with E-state index >= 15 is 0 Å². The van der Waals surface area contributed by atoms with E-state index in [1.165, 1.54) is 5.56 Å². The van der Waals surface area contributed by atoms with Crippen LogP contribution in [0.1, 0.15) is 5.56 Å². The van der Waals surface area contributed by atoms with Gasteiger partial charge in [0.25, 0.3) is 0 Å². The minimum atomic E-state index is 0.582. The molecule has 0 N–H and O–H groups in total. The molecule has 0 spiro atoms.